The molecule has 0 fully saturated rings. The molecule has 122 valence electrons. The molecule has 23 heavy (non-hydrogen) atoms. The Bertz CT molecular complexity index is 701. The quantitative estimate of drug-likeness (QED) is 0.794. The Kier molecular flexibility index (Phi) is 5.88. The third kappa shape index (κ3) is 4.89. The molecule has 0 saturated heterocycles. The lowest BCUT2D eigenvalue weighted by atomic mass is 10.1. The molecule has 0 saturated carbocycles. The zero-order valence-electron chi connectivity index (χ0n) is 13.6. The fourth-order valence-electron chi connectivity index (χ4n) is 2.20. The number of rotatable bonds is 5. The molecule has 0 spiro atoms. The van der Waals surface area contributed by atoms with Gasteiger partial charge in [0.15, 0.2) is 0 Å². The first kappa shape index (κ1) is 17.2. The van der Waals surface area contributed by atoms with Crippen LogP contribution in [0.4, 0.5) is 10.5 Å². The number of nitrogens with one attached hydrogen (secondary N) is 2. The highest BCUT2D eigenvalue weighted by molar-refractivity contribution is 6.31. The third-order valence-electron chi connectivity index (χ3n) is 3.49. The average molecular weight is 333 g/mol. The number of anilines is 1. The molecular formula is C18H21ClN2O2. The highest BCUT2D eigenvalue weighted by Gasteiger charge is 2.06. The second-order valence-corrected chi connectivity index (χ2v) is 5.82. The van der Waals surface area contributed by atoms with Crippen LogP contribution in [0.3, 0.4) is 0 Å². The summed E-state index contributed by atoms with van der Waals surface area (Å²) in [7, 11) is 0. The number of hydrogen-bond donors (Lipinski definition) is 2. The number of aryl methyl sites for hydroxylation is 2. The maximum atomic E-state index is 11.9. The van der Waals surface area contributed by atoms with E-state index >= 15 is 0 Å². The van der Waals surface area contributed by atoms with Gasteiger partial charge in [0, 0.05) is 10.7 Å². The molecule has 4 nitrogen and oxygen atoms in total. The van der Waals surface area contributed by atoms with Crippen LogP contribution in [0.1, 0.15) is 16.7 Å². The molecule has 0 bridgehead atoms. The molecule has 0 aliphatic carbocycles. The summed E-state index contributed by atoms with van der Waals surface area (Å²) in [6, 6.07) is 11.1. The molecule has 2 rings (SSSR count). The Hall–Kier alpha value is -2.20. The van der Waals surface area contributed by atoms with Crippen LogP contribution >= 0.6 is 11.6 Å². The van der Waals surface area contributed by atoms with Crippen molar-refractivity contribution in [2.24, 2.45) is 0 Å². The van der Waals surface area contributed by atoms with Gasteiger partial charge in [-0.15, -0.1) is 0 Å². The summed E-state index contributed by atoms with van der Waals surface area (Å²) in [6.45, 7) is 6.73. The largest absolute Gasteiger partial charge is 0.491 e. The van der Waals surface area contributed by atoms with Gasteiger partial charge in [0.2, 0.25) is 0 Å². The Labute approximate surface area is 141 Å². The topological polar surface area (TPSA) is 50.4 Å². The zero-order chi connectivity index (χ0) is 16.8. The van der Waals surface area contributed by atoms with Crippen LogP contribution in [-0.4, -0.2) is 19.2 Å². The molecule has 0 aliphatic rings. The number of amides is 2. The molecule has 2 N–H and O–H groups in total. The number of urea groups is 1. The fourth-order valence-corrected chi connectivity index (χ4v) is 2.37. The Morgan fingerprint density at radius 1 is 1.17 bits per heavy atom. The van der Waals surface area contributed by atoms with E-state index in [0.717, 1.165) is 16.9 Å². The number of carbonyl (C=O) groups excluding carboxylic acids is 1. The van der Waals surface area contributed by atoms with E-state index in [9.17, 15) is 4.79 Å². The van der Waals surface area contributed by atoms with Crippen molar-refractivity contribution in [2.75, 3.05) is 18.5 Å². The second-order valence-electron chi connectivity index (χ2n) is 5.41. The van der Waals surface area contributed by atoms with Crippen molar-refractivity contribution in [3.05, 3.63) is 58.1 Å². The maximum absolute atomic E-state index is 11.9. The predicted molar refractivity (Wildman–Crippen MR) is 94.6 cm³/mol. The molecule has 0 aromatic heterocycles. The molecular weight excluding hydrogens is 312 g/mol. The molecule has 0 atom stereocenters. The van der Waals surface area contributed by atoms with Gasteiger partial charge in [-0.2, -0.15) is 0 Å². The molecule has 0 unspecified atom stereocenters. The third-order valence-corrected chi connectivity index (χ3v) is 3.90. The molecule has 2 aromatic rings. The molecule has 2 aromatic carbocycles. The van der Waals surface area contributed by atoms with Gasteiger partial charge < -0.3 is 15.4 Å². The van der Waals surface area contributed by atoms with E-state index in [1.165, 1.54) is 5.56 Å². The lowest BCUT2D eigenvalue weighted by Gasteiger charge is -2.12. The van der Waals surface area contributed by atoms with Crippen molar-refractivity contribution in [3.8, 4) is 5.75 Å². The van der Waals surface area contributed by atoms with Gasteiger partial charge in [0.05, 0.1) is 6.54 Å². The van der Waals surface area contributed by atoms with E-state index in [2.05, 4.69) is 16.7 Å². The lowest BCUT2D eigenvalue weighted by Crippen LogP contribution is -2.32. The standard InChI is InChI=1S/C18H21ClN2O2/c1-12-7-8-17(13(2)11-12)23-10-9-20-18(22)21-16-6-4-5-15(19)14(16)3/h4-8,11H,9-10H2,1-3H3,(H2,20,21,22). The van der Waals surface area contributed by atoms with Crippen LogP contribution in [-0.2, 0) is 0 Å². The number of ether oxygens (including phenoxy) is 1. The molecule has 0 radical (unpaired) electrons. The minimum Gasteiger partial charge on any atom is -0.491 e. The Balaban J connectivity index is 1.78. The number of hydrogen-bond acceptors (Lipinski definition) is 2. The van der Waals surface area contributed by atoms with Crippen molar-refractivity contribution in [2.45, 2.75) is 20.8 Å². The molecule has 2 amide bonds. The summed E-state index contributed by atoms with van der Waals surface area (Å²) < 4.78 is 5.67. The Morgan fingerprint density at radius 3 is 2.70 bits per heavy atom. The second kappa shape index (κ2) is 7.88. The van der Waals surface area contributed by atoms with Crippen LogP contribution < -0.4 is 15.4 Å². The van der Waals surface area contributed by atoms with Crippen molar-refractivity contribution in [1.82, 2.24) is 5.32 Å². The van der Waals surface area contributed by atoms with Crippen molar-refractivity contribution < 1.29 is 9.53 Å². The van der Waals surface area contributed by atoms with Gasteiger partial charge in [-0.3, -0.25) is 0 Å². The fraction of sp³-hybridized carbons (Fsp3) is 0.278. The van der Waals surface area contributed by atoms with Crippen LogP contribution in [0.2, 0.25) is 5.02 Å². The summed E-state index contributed by atoms with van der Waals surface area (Å²) in [5.41, 5.74) is 3.83. The van der Waals surface area contributed by atoms with Gasteiger partial charge in [-0.25, -0.2) is 4.79 Å². The van der Waals surface area contributed by atoms with Crippen LogP contribution in [0, 0.1) is 20.8 Å². The number of carbonyl (C=O) groups is 1. The SMILES string of the molecule is Cc1ccc(OCCNC(=O)Nc2cccc(Cl)c2C)c(C)c1. The van der Waals surface area contributed by atoms with Crippen molar-refractivity contribution in [3.63, 3.8) is 0 Å². The minimum atomic E-state index is -0.278. The van der Waals surface area contributed by atoms with Crippen LogP contribution in [0.15, 0.2) is 36.4 Å². The van der Waals surface area contributed by atoms with Crippen LogP contribution in [0.5, 0.6) is 5.75 Å². The summed E-state index contributed by atoms with van der Waals surface area (Å²) in [6.07, 6.45) is 0. The number of benzene rings is 2. The Morgan fingerprint density at radius 2 is 1.96 bits per heavy atom. The summed E-state index contributed by atoms with van der Waals surface area (Å²) in [5, 5.41) is 6.17. The first-order valence-corrected chi connectivity index (χ1v) is 7.85. The summed E-state index contributed by atoms with van der Waals surface area (Å²) in [4.78, 5) is 11.9. The lowest BCUT2D eigenvalue weighted by molar-refractivity contribution is 0.247. The highest BCUT2D eigenvalue weighted by Crippen LogP contribution is 2.22. The zero-order valence-corrected chi connectivity index (χ0v) is 14.3. The molecule has 5 heteroatoms. The monoisotopic (exact) mass is 332 g/mol. The van der Waals surface area contributed by atoms with E-state index in [1.807, 2.05) is 39.0 Å². The number of halogens is 1. The van der Waals surface area contributed by atoms with E-state index in [1.54, 1.807) is 12.1 Å². The predicted octanol–water partition coefficient (Wildman–Crippen LogP) is 4.47. The van der Waals surface area contributed by atoms with Gasteiger partial charge in [-0.1, -0.05) is 35.4 Å². The average Bonchev–Trinajstić information content (AvgIpc) is 2.50. The van der Waals surface area contributed by atoms with Crippen molar-refractivity contribution in [1.29, 1.82) is 0 Å². The van der Waals surface area contributed by atoms with E-state index in [4.69, 9.17) is 16.3 Å². The normalized spacial score (nSPS) is 10.3. The summed E-state index contributed by atoms with van der Waals surface area (Å²) >= 11 is 6.03. The van der Waals surface area contributed by atoms with Gasteiger partial charge >= 0.3 is 6.03 Å². The van der Waals surface area contributed by atoms with Gasteiger partial charge in [0.25, 0.3) is 0 Å². The first-order chi connectivity index (χ1) is 11.0. The smallest absolute Gasteiger partial charge is 0.319 e. The van der Waals surface area contributed by atoms with Gasteiger partial charge in [0.1, 0.15) is 12.4 Å². The first-order valence-electron chi connectivity index (χ1n) is 7.47. The van der Waals surface area contributed by atoms with Gasteiger partial charge in [-0.05, 0) is 50.1 Å². The minimum absolute atomic E-state index is 0.278. The summed E-state index contributed by atoms with van der Waals surface area (Å²) in [5.74, 6) is 0.837. The highest BCUT2D eigenvalue weighted by atomic mass is 35.5. The van der Waals surface area contributed by atoms with E-state index in [-0.39, 0.29) is 6.03 Å². The molecule has 0 heterocycles. The van der Waals surface area contributed by atoms with E-state index in [0.29, 0.717) is 23.9 Å². The maximum Gasteiger partial charge on any atom is 0.319 e. The van der Waals surface area contributed by atoms with Crippen LogP contribution in [0.25, 0.3) is 0 Å². The van der Waals surface area contributed by atoms with Crippen molar-refractivity contribution >= 4 is 23.3 Å². The molecule has 0 aliphatic heterocycles. The van der Waals surface area contributed by atoms with E-state index < -0.39 is 0 Å².